The van der Waals surface area contributed by atoms with E-state index in [-0.39, 0.29) is 13.0 Å². The molecule has 8 atom stereocenters. The SMILES string of the molecule is CCCCC/C=C\C/C=C\C/C=C\CCCCCCCCC(=O)OC1C(OCC(NC(=O)C(O)CCCCCCCCCCCCCCC)C(O)/C=C/CCCCCCCCCCCCC)OC(CO)C(O)C1O. The van der Waals surface area contributed by atoms with Crippen LogP contribution in [-0.4, -0.2) is 99.6 Å². The van der Waals surface area contributed by atoms with Gasteiger partial charge in [0.25, 0.3) is 0 Å². The number of carbonyl (C=O) groups is 2. The maximum absolute atomic E-state index is 13.4. The highest BCUT2D eigenvalue weighted by Crippen LogP contribution is 2.26. The summed E-state index contributed by atoms with van der Waals surface area (Å²) >= 11 is 0. The number of carbonyl (C=O) groups excluding carboxylic acids is 2. The van der Waals surface area contributed by atoms with Gasteiger partial charge in [0, 0.05) is 6.42 Å². The number of nitrogens with one attached hydrogen (secondary N) is 1. The Labute approximate surface area is 453 Å². The lowest BCUT2D eigenvalue weighted by atomic mass is 9.99. The highest BCUT2D eigenvalue weighted by atomic mass is 16.7. The van der Waals surface area contributed by atoms with Gasteiger partial charge in [0.2, 0.25) is 5.91 Å². The van der Waals surface area contributed by atoms with E-state index in [9.17, 15) is 35.1 Å². The topological polar surface area (TPSA) is 175 Å². The Kier molecular flexibility index (Phi) is 48.3. The molecule has 1 heterocycles. The van der Waals surface area contributed by atoms with Gasteiger partial charge in [-0.05, 0) is 64.2 Å². The summed E-state index contributed by atoms with van der Waals surface area (Å²) in [6, 6.07) is -1.02. The summed E-state index contributed by atoms with van der Waals surface area (Å²) < 4.78 is 17.6. The van der Waals surface area contributed by atoms with Crippen molar-refractivity contribution in [3.8, 4) is 0 Å². The number of hydrogen-bond acceptors (Lipinski definition) is 10. The van der Waals surface area contributed by atoms with Gasteiger partial charge < -0.3 is 45.1 Å². The van der Waals surface area contributed by atoms with Crippen LogP contribution in [-0.2, 0) is 23.8 Å². The zero-order valence-corrected chi connectivity index (χ0v) is 47.7. The summed E-state index contributed by atoms with van der Waals surface area (Å²) in [4.78, 5) is 26.5. The van der Waals surface area contributed by atoms with Crippen molar-refractivity contribution in [1.29, 1.82) is 0 Å². The number of allylic oxidation sites excluding steroid dienone is 7. The molecular weight excluding hydrogens is 931 g/mol. The summed E-state index contributed by atoms with van der Waals surface area (Å²) in [5, 5.41) is 56.9. The van der Waals surface area contributed by atoms with Crippen molar-refractivity contribution < 1.29 is 49.3 Å². The number of esters is 1. The Hall–Kier alpha value is -2.38. The predicted octanol–water partition coefficient (Wildman–Crippen LogP) is 14.4. The first-order chi connectivity index (χ1) is 36.2. The van der Waals surface area contributed by atoms with Gasteiger partial charge in [-0.3, -0.25) is 9.59 Å². The molecule has 1 amide bonds. The van der Waals surface area contributed by atoms with E-state index in [1.54, 1.807) is 6.08 Å². The lowest BCUT2D eigenvalue weighted by Crippen LogP contribution is -2.61. The third-order valence-corrected chi connectivity index (χ3v) is 14.5. The van der Waals surface area contributed by atoms with Gasteiger partial charge >= 0.3 is 5.97 Å². The Bertz CT molecular complexity index is 1390. The average molecular weight is 1050 g/mol. The summed E-state index contributed by atoms with van der Waals surface area (Å²) in [7, 11) is 0. The molecule has 11 nitrogen and oxygen atoms in total. The van der Waals surface area contributed by atoms with Gasteiger partial charge in [-0.2, -0.15) is 0 Å². The van der Waals surface area contributed by atoms with Crippen molar-refractivity contribution in [3.05, 3.63) is 48.6 Å². The third-order valence-electron chi connectivity index (χ3n) is 14.5. The van der Waals surface area contributed by atoms with E-state index in [4.69, 9.17) is 14.2 Å². The van der Waals surface area contributed by atoms with E-state index in [2.05, 4.69) is 62.5 Å². The number of amides is 1. The maximum Gasteiger partial charge on any atom is 0.306 e. The minimum Gasteiger partial charge on any atom is -0.454 e. The largest absolute Gasteiger partial charge is 0.454 e. The summed E-state index contributed by atoms with van der Waals surface area (Å²) in [6.45, 7) is 5.76. The van der Waals surface area contributed by atoms with Gasteiger partial charge in [-0.25, -0.2) is 0 Å². The van der Waals surface area contributed by atoms with Crippen LogP contribution < -0.4 is 5.32 Å². The zero-order chi connectivity index (χ0) is 54.0. The van der Waals surface area contributed by atoms with Gasteiger partial charge in [0.1, 0.15) is 24.4 Å². The molecule has 1 saturated heterocycles. The highest BCUT2D eigenvalue weighted by molar-refractivity contribution is 5.80. The first kappa shape index (κ1) is 69.6. The Balaban J connectivity index is 2.69. The fraction of sp³-hybridized carbons (Fsp3) is 0.841. The summed E-state index contributed by atoms with van der Waals surface area (Å²) in [5.41, 5.74) is 0. The lowest BCUT2D eigenvalue weighted by Gasteiger charge is -2.41. The summed E-state index contributed by atoms with van der Waals surface area (Å²) in [5.74, 6) is -1.20. The van der Waals surface area contributed by atoms with Crippen LogP contribution in [0, 0.1) is 0 Å². The van der Waals surface area contributed by atoms with Gasteiger partial charge in [0.05, 0.1) is 25.4 Å². The van der Waals surface area contributed by atoms with E-state index in [0.717, 1.165) is 89.9 Å². The molecule has 0 spiro atoms. The first-order valence-electron chi connectivity index (χ1n) is 30.9. The predicted molar refractivity (Wildman–Crippen MR) is 306 cm³/mol. The van der Waals surface area contributed by atoms with Crippen LogP contribution in [0.5, 0.6) is 0 Å². The van der Waals surface area contributed by atoms with Crippen LogP contribution in [0.3, 0.4) is 0 Å². The lowest BCUT2D eigenvalue weighted by molar-refractivity contribution is -0.305. The van der Waals surface area contributed by atoms with Crippen LogP contribution in [0.4, 0.5) is 0 Å². The molecule has 0 saturated carbocycles. The molecule has 1 aliphatic heterocycles. The Morgan fingerprint density at radius 3 is 1.42 bits per heavy atom. The normalized spacial score (nSPS) is 19.6. The molecule has 0 aromatic carbocycles. The van der Waals surface area contributed by atoms with Crippen molar-refractivity contribution in [2.24, 2.45) is 0 Å². The van der Waals surface area contributed by atoms with Crippen LogP contribution in [0.15, 0.2) is 48.6 Å². The number of ether oxygens (including phenoxy) is 3. The van der Waals surface area contributed by atoms with Gasteiger partial charge in [0.15, 0.2) is 12.4 Å². The first-order valence-corrected chi connectivity index (χ1v) is 30.9. The Morgan fingerprint density at radius 1 is 0.527 bits per heavy atom. The fourth-order valence-corrected chi connectivity index (χ4v) is 9.54. The monoisotopic (exact) mass is 1050 g/mol. The molecule has 0 aliphatic carbocycles. The molecule has 432 valence electrons. The van der Waals surface area contributed by atoms with E-state index in [1.807, 2.05) is 6.08 Å². The number of rotatable bonds is 52. The second kappa shape index (κ2) is 51.4. The van der Waals surface area contributed by atoms with Crippen molar-refractivity contribution in [2.75, 3.05) is 13.2 Å². The van der Waals surface area contributed by atoms with Crippen LogP contribution in [0.2, 0.25) is 0 Å². The number of aliphatic hydroxyl groups excluding tert-OH is 5. The van der Waals surface area contributed by atoms with Gasteiger partial charge in [-0.15, -0.1) is 0 Å². The van der Waals surface area contributed by atoms with E-state index < -0.39 is 67.4 Å². The van der Waals surface area contributed by atoms with E-state index in [0.29, 0.717) is 19.3 Å². The molecule has 8 unspecified atom stereocenters. The van der Waals surface area contributed by atoms with Crippen LogP contribution in [0.1, 0.15) is 278 Å². The average Bonchev–Trinajstić information content (AvgIpc) is 3.40. The quantitative estimate of drug-likeness (QED) is 0.0195. The number of hydrogen-bond donors (Lipinski definition) is 6. The molecule has 1 fully saturated rings. The fourth-order valence-electron chi connectivity index (χ4n) is 9.54. The highest BCUT2D eigenvalue weighted by Gasteiger charge is 2.47. The van der Waals surface area contributed by atoms with Crippen molar-refractivity contribution in [2.45, 2.75) is 327 Å². The zero-order valence-electron chi connectivity index (χ0n) is 47.7. The second-order valence-electron chi connectivity index (χ2n) is 21.4. The maximum atomic E-state index is 13.4. The molecule has 74 heavy (non-hydrogen) atoms. The molecule has 0 radical (unpaired) electrons. The van der Waals surface area contributed by atoms with Gasteiger partial charge in [-0.1, -0.05) is 256 Å². The molecular formula is C63H115NO10. The molecule has 1 rings (SSSR count). The molecule has 6 N–H and O–H groups in total. The van der Waals surface area contributed by atoms with Crippen LogP contribution >= 0.6 is 0 Å². The number of unbranched alkanes of at least 4 members (excludes halogenated alkanes) is 32. The second-order valence-corrected chi connectivity index (χ2v) is 21.4. The van der Waals surface area contributed by atoms with E-state index in [1.165, 1.54) is 141 Å². The molecule has 0 aromatic heterocycles. The summed E-state index contributed by atoms with van der Waals surface area (Å²) in [6.07, 6.45) is 51.4. The molecule has 11 heteroatoms. The third kappa shape index (κ3) is 39.1. The van der Waals surface area contributed by atoms with Crippen molar-refractivity contribution in [3.63, 3.8) is 0 Å². The standard InChI is InChI=1S/C63H115NO10/c1-4-7-10-13-16-19-22-25-26-27-28-29-30-33-36-39-42-45-48-51-58(68)74-61-60(70)59(69)57(52-65)73-63(61)72-53-54(55(66)49-46-43-40-37-34-31-23-20-17-14-11-8-5-2)64-62(71)56(67)50-47-44-41-38-35-32-24-21-18-15-12-9-6-3/h16,19,25-26,28-29,46,49,54-57,59-61,63,65-67,69-70H,4-15,17-18,20-24,27,30-45,47-48,50-53H2,1-3H3,(H,64,71)/b19-16-,26-25-,29-28-,49-46+. The Morgan fingerprint density at radius 2 is 0.932 bits per heavy atom. The molecule has 0 aromatic rings. The minimum atomic E-state index is -1.62. The van der Waals surface area contributed by atoms with Crippen LogP contribution in [0.25, 0.3) is 0 Å². The van der Waals surface area contributed by atoms with E-state index >= 15 is 0 Å². The molecule has 0 bridgehead atoms. The molecule has 1 aliphatic rings. The van der Waals surface area contributed by atoms with Crippen molar-refractivity contribution >= 4 is 11.9 Å². The van der Waals surface area contributed by atoms with Crippen molar-refractivity contribution in [1.82, 2.24) is 5.32 Å². The minimum absolute atomic E-state index is 0.110. The number of aliphatic hydroxyl groups is 5. The smallest absolute Gasteiger partial charge is 0.306 e.